The maximum Gasteiger partial charge on any atom is 0.410 e. The zero-order valence-corrected chi connectivity index (χ0v) is 21.7. The van der Waals surface area contributed by atoms with Gasteiger partial charge in [0.05, 0.1) is 25.3 Å². The highest BCUT2D eigenvalue weighted by molar-refractivity contribution is 7.17. The van der Waals surface area contributed by atoms with Crippen molar-refractivity contribution in [2.45, 2.75) is 57.3 Å². The van der Waals surface area contributed by atoms with E-state index in [1.54, 1.807) is 31.2 Å². The number of anilines is 2. The van der Waals surface area contributed by atoms with Gasteiger partial charge in [0.15, 0.2) is 11.7 Å². The molecule has 12 heteroatoms. The first-order valence-electron chi connectivity index (χ1n) is 12.4. The number of fused-ring (bicyclic) bond motifs is 2. The lowest BCUT2D eigenvalue weighted by Gasteiger charge is -2.33. The van der Waals surface area contributed by atoms with Crippen molar-refractivity contribution in [3.63, 3.8) is 0 Å². The van der Waals surface area contributed by atoms with E-state index in [1.165, 1.54) is 24.5 Å². The number of aromatic nitrogens is 2. The van der Waals surface area contributed by atoms with Crippen molar-refractivity contribution in [1.29, 1.82) is 0 Å². The molecule has 2 aromatic heterocycles. The lowest BCUT2D eigenvalue weighted by Crippen LogP contribution is -2.35. The van der Waals surface area contributed by atoms with Crippen molar-refractivity contribution in [2.75, 3.05) is 24.4 Å². The number of rotatable bonds is 6. The molecular formula is C26H27F3N4O4S. The number of halogens is 3. The molecule has 8 nitrogen and oxygen atoms in total. The predicted octanol–water partition coefficient (Wildman–Crippen LogP) is 5.92. The van der Waals surface area contributed by atoms with Gasteiger partial charge in [-0.05, 0) is 55.9 Å². The highest BCUT2D eigenvalue weighted by atomic mass is 32.1. The summed E-state index contributed by atoms with van der Waals surface area (Å²) in [6, 6.07) is 5.53. The second-order valence-electron chi connectivity index (χ2n) is 9.21. The van der Waals surface area contributed by atoms with Crippen molar-refractivity contribution in [1.82, 2.24) is 9.78 Å². The number of aryl methyl sites for hydroxylation is 1. The van der Waals surface area contributed by atoms with Crippen LogP contribution in [0.1, 0.15) is 75.1 Å². The van der Waals surface area contributed by atoms with Crippen LogP contribution in [0.15, 0.2) is 30.3 Å². The molecule has 38 heavy (non-hydrogen) atoms. The molecule has 0 saturated heterocycles. The Morgan fingerprint density at radius 2 is 1.95 bits per heavy atom. The third-order valence-electron chi connectivity index (χ3n) is 6.82. The summed E-state index contributed by atoms with van der Waals surface area (Å²) in [5.41, 5.74) is 1.68. The van der Waals surface area contributed by atoms with Gasteiger partial charge in [0.25, 0.3) is 5.91 Å². The van der Waals surface area contributed by atoms with Gasteiger partial charge < -0.3 is 20.1 Å². The minimum Gasteiger partial charge on any atom is -0.497 e. The lowest BCUT2D eigenvalue weighted by molar-refractivity contribution is -0.173. The SMILES string of the molecule is CCOC(=O)c1c(NC(=O)c2cc3n(n2)C(C(F)(F)F)CC(c2ccc(OC)cc2)N3)sc2c1CCCC2. The van der Waals surface area contributed by atoms with Crippen LogP contribution in [0.5, 0.6) is 5.75 Å². The summed E-state index contributed by atoms with van der Waals surface area (Å²) < 4.78 is 53.4. The first-order valence-corrected chi connectivity index (χ1v) is 13.2. The van der Waals surface area contributed by atoms with E-state index >= 15 is 0 Å². The van der Waals surface area contributed by atoms with Crippen LogP contribution in [0, 0.1) is 0 Å². The van der Waals surface area contributed by atoms with Crippen molar-refractivity contribution in [3.8, 4) is 5.75 Å². The summed E-state index contributed by atoms with van der Waals surface area (Å²) in [6.07, 6.45) is -1.46. The van der Waals surface area contributed by atoms with Gasteiger partial charge in [0, 0.05) is 17.4 Å². The second kappa shape index (κ2) is 10.3. The molecule has 1 aliphatic heterocycles. The molecule has 1 aromatic carbocycles. The van der Waals surface area contributed by atoms with Crippen molar-refractivity contribution < 1.29 is 32.2 Å². The van der Waals surface area contributed by atoms with Gasteiger partial charge in [0.1, 0.15) is 16.6 Å². The second-order valence-corrected chi connectivity index (χ2v) is 10.3. The monoisotopic (exact) mass is 548 g/mol. The van der Waals surface area contributed by atoms with Gasteiger partial charge in [-0.2, -0.15) is 18.3 Å². The summed E-state index contributed by atoms with van der Waals surface area (Å²) in [7, 11) is 1.51. The molecule has 1 amide bonds. The molecule has 0 saturated carbocycles. The van der Waals surface area contributed by atoms with Crippen LogP contribution in [0.3, 0.4) is 0 Å². The van der Waals surface area contributed by atoms with E-state index in [0.717, 1.165) is 34.4 Å². The summed E-state index contributed by atoms with van der Waals surface area (Å²) >= 11 is 1.31. The van der Waals surface area contributed by atoms with E-state index < -0.39 is 30.1 Å². The Labute approximate surface area is 221 Å². The van der Waals surface area contributed by atoms with E-state index in [9.17, 15) is 22.8 Å². The first-order chi connectivity index (χ1) is 18.2. The van der Waals surface area contributed by atoms with Gasteiger partial charge >= 0.3 is 12.1 Å². The summed E-state index contributed by atoms with van der Waals surface area (Å²) in [6.45, 7) is 1.89. The van der Waals surface area contributed by atoms with Crippen LogP contribution in [-0.4, -0.2) is 41.5 Å². The molecule has 2 unspecified atom stereocenters. The molecule has 3 aromatic rings. The largest absolute Gasteiger partial charge is 0.497 e. The number of ether oxygens (including phenoxy) is 2. The number of hydrogen-bond acceptors (Lipinski definition) is 7. The molecule has 2 N–H and O–H groups in total. The van der Waals surface area contributed by atoms with E-state index in [2.05, 4.69) is 15.7 Å². The lowest BCUT2D eigenvalue weighted by atomic mass is 9.95. The van der Waals surface area contributed by atoms with Crippen LogP contribution in [0.4, 0.5) is 24.0 Å². The number of benzene rings is 1. The van der Waals surface area contributed by atoms with E-state index in [4.69, 9.17) is 9.47 Å². The predicted molar refractivity (Wildman–Crippen MR) is 136 cm³/mol. The Balaban J connectivity index is 1.44. The molecule has 1 aliphatic carbocycles. The number of carbonyl (C=O) groups excluding carboxylic acids is 2. The number of alkyl halides is 3. The number of hydrogen-bond donors (Lipinski definition) is 2. The molecule has 5 rings (SSSR count). The Kier molecular flexibility index (Phi) is 7.08. The quantitative estimate of drug-likeness (QED) is 0.372. The topological polar surface area (TPSA) is 94.5 Å². The fraction of sp³-hybridized carbons (Fsp3) is 0.423. The average Bonchev–Trinajstić information content (AvgIpc) is 3.49. The zero-order chi connectivity index (χ0) is 27.0. The number of esters is 1. The highest BCUT2D eigenvalue weighted by Gasteiger charge is 2.47. The maximum absolute atomic E-state index is 14.1. The summed E-state index contributed by atoms with van der Waals surface area (Å²) in [4.78, 5) is 26.9. The maximum atomic E-state index is 14.1. The van der Waals surface area contributed by atoms with Crippen LogP contribution < -0.4 is 15.4 Å². The van der Waals surface area contributed by atoms with E-state index in [0.29, 0.717) is 28.3 Å². The number of nitrogens with one attached hydrogen (secondary N) is 2. The molecule has 0 bridgehead atoms. The number of amides is 1. The first kappa shape index (κ1) is 26.1. The summed E-state index contributed by atoms with van der Waals surface area (Å²) in [5, 5.41) is 10.2. The molecule has 0 radical (unpaired) electrons. The van der Waals surface area contributed by atoms with Crippen molar-refractivity contribution >= 4 is 34.0 Å². The van der Waals surface area contributed by atoms with Crippen molar-refractivity contribution in [2.24, 2.45) is 0 Å². The number of methoxy groups -OCH3 is 1. The fourth-order valence-electron chi connectivity index (χ4n) is 4.98. The normalized spacial score (nSPS) is 18.7. The molecule has 2 atom stereocenters. The van der Waals surface area contributed by atoms with Gasteiger partial charge in [-0.3, -0.25) is 4.79 Å². The Hall–Kier alpha value is -3.54. The van der Waals surface area contributed by atoms with E-state index in [1.807, 2.05) is 0 Å². The van der Waals surface area contributed by atoms with Crippen LogP contribution in [-0.2, 0) is 17.6 Å². The van der Waals surface area contributed by atoms with Gasteiger partial charge in [-0.25, -0.2) is 9.48 Å². The third kappa shape index (κ3) is 4.96. The van der Waals surface area contributed by atoms with Gasteiger partial charge in [-0.15, -0.1) is 11.3 Å². The van der Waals surface area contributed by atoms with E-state index in [-0.39, 0.29) is 24.5 Å². The average molecular weight is 549 g/mol. The Morgan fingerprint density at radius 1 is 1.21 bits per heavy atom. The minimum atomic E-state index is -4.58. The van der Waals surface area contributed by atoms with Crippen LogP contribution >= 0.6 is 11.3 Å². The number of nitrogens with zero attached hydrogens (tertiary/aromatic N) is 2. The summed E-state index contributed by atoms with van der Waals surface area (Å²) in [5.74, 6) is -0.536. The molecule has 3 heterocycles. The smallest absolute Gasteiger partial charge is 0.410 e. The van der Waals surface area contributed by atoms with Gasteiger partial charge in [-0.1, -0.05) is 12.1 Å². The standard InChI is InChI=1S/C26H27F3N4O4S/c1-3-37-25(35)22-16-6-4-5-7-19(16)38-24(22)31-23(34)18-13-21-30-17(14-8-10-15(36-2)11-9-14)12-20(26(27,28)29)33(21)32-18/h8-11,13,17,20,30H,3-7,12H2,1-2H3,(H,31,34). The fourth-order valence-corrected chi connectivity index (χ4v) is 6.25. The number of carbonyl (C=O) groups is 2. The minimum absolute atomic E-state index is 0.0839. The molecule has 0 spiro atoms. The van der Waals surface area contributed by atoms with Gasteiger partial charge in [0.2, 0.25) is 0 Å². The molecule has 0 fully saturated rings. The zero-order valence-electron chi connectivity index (χ0n) is 20.9. The van der Waals surface area contributed by atoms with Crippen molar-refractivity contribution in [3.05, 3.63) is 57.6 Å². The molecule has 2 aliphatic rings. The molecular weight excluding hydrogens is 521 g/mol. The third-order valence-corrected chi connectivity index (χ3v) is 8.03. The number of thiophene rings is 1. The molecule has 202 valence electrons. The van der Waals surface area contributed by atoms with Crippen LogP contribution in [0.25, 0.3) is 0 Å². The Morgan fingerprint density at radius 3 is 2.63 bits per heavy atom. The Bertz CT molecular complexity index is 1350. The highest BCUT2D eigenvalue weighted by Crippen LogP contribution is 2.44. The van der Waals surface area contributed by atoms with Crippen LogP contribution in [0.2, 0.25) is 0 Å².